The molecule has 1 fully saturated rings. The smallest absolute Gasteiger partial charge is 0.229 e. The molecule has 1 unspecified atom stereocenters. The molecule has 2 aliphatic rings. The van der Waals surface area contributed by atoms with Crippen LogP contribution >= 0.6 is 0 Å². The minimum Gasteiger partial charge on any atom is -0.497 e. The Morgan fingerprint density at radius 3 is 2.74 bits per heavy atom. The zero-order valence-electron chi connectivity index (χ0n) is 19.0. The maximum Gasteiger partial charge on any atom is 0.229 e. The van der Waals surface area contributed by atoms with Gasteiger partial charge in [-0.25, -0.2) is 4.39 Å². The van der Waals surface area contributed by atoms with E-state index in [0.717, 1.165) is 43.7 Å². The lowest BCUT2D eigenvalue weighted by molar-refractivity contribution is -0.122. The molecule has 0 aliphatic carbocycles. The van der Waals surface area contributed by atoms with E-state index in [9.17, 15) is 14.0 Å². The number of aryl methyl sites for hydroxylation is 1. The van der Waals surface area contributed by atoms with E-state index in [-0.39, 0.29) is 24.8 Å². The SMILES string of the molecule is COc1ccc(N2CC(C(=O)Nc3ccc(F)c(-c4nnc5n4CCCCC5)c3)CC2=O)cc1. The number of aromatic nitrogens is 3. The Kier molecular flexibility index (Phi) is 6.00. The predicted octanol–water partition coefficient (Wildman–Crippen LogP) is 3.81. The number of rotatable bonds is 5. The van der Waals surface area contributed by atoms with Crippen LogP contribution in [0.3, 0.4) is 0 Å². The third kappa shape index (κ3) is 4.25. The van der Waals surface area contributed by atoms with Crippen molar-refractivity contribution in [3.63, 3.8) is 0 Å². The molecule has 1 aromatic heterocycles. The molecule has 3 heterocycles. The summed E-state index contributed by atoms with van der Waals surface area (Å²) in [5, 5.41) is 11.3. The molecule has 0 radical (unpaired) electrons. The van der Waals surface area contributed by atoms with Crippen molar-refractivity contribution in [2.24, 2.45) is 5.92 Å². The fourth-order valence-electron chi connectivity index (χ4n) is 4.60. The van der Waals surface area contributed by atoms with Crippen molar-refractivity contribution in [2.45, 2.75) is 38.6 Å². The Balaban J connectivity index is 1.32. The Bertz CT molecular complexity index is 1220. The highest BCUT2D eigenvalue weighted by Gasteiger charge is 2.35. The first kappa shape index (κ1) is 22.1. The third-order valence-corrected chi connectivity index (χ3v) is 6.46. The predicted molar refractivity (Wildman–Crippen MR) is 125 cm³/mol. The normalized spacial score (nSPS) is 17.9. The molecule has 2 amide bonds. The van der Waals surface area contributed by atoms with Gasteiger partial charge < -0.3 is 19.5 Å². The fourth-order valence-corrected chi connectivity index (χ4v) is 4.60. The molecule has 3 aromatic rings. The van der Waals surface area contributed by atoms with Crippen LogP contribution in [0.2, 0.25) is 0 Å². The van der Waals surface area contributed by atoms with E-state index in [1.807, 2.05) is 4.57 Å². The molecule has 2 aliphatic heterocycles. The van der Waals surface area contributed by atoms with Gasteiger partial charge in [0.1, 0.15) is 17.4 Å². The Morgan fingerprint density at radius 2 is 1.94 bits per heavy atom. The van der Waals surface area contributed by atoms with E-state index in [2.05, 4.69) is 15.5 Å². The van der Waals surface area contributed by atoms with Crippen LogP contribution in [0, 0.1) is 11.7 Å². The fraction of sp³-hybridized carbons (Fsp3) is 0.360. The summed E-state index contributed by atoms with van der Waals surface area (Å²) in [6.07, 6.45) is 4.09. The quantitative estimate of drug-likeness (QED) is 0.622. The highest BCUT2D eigenvalue weighted by molar-refractivity contribution is 6.03. The Hall–Kier alpha value is -3.75. The first-order valence-corrected chi connectivity index (χ1v) is 11.5. The number of carbonyl (C=O) groups is 2. The average molecular weight is 464 g/mol. The molecule has 5 rings (SSSR count). The highest BCUT2D eigenvalue weighted by atomic mass is 19.1. The van der Waals surface area contributed by atoms with Crippen LogP contribution in [-0.4, -0.2) is 40.2 Å². The molecule has 1 atom stereocenters. The molecule has 0 spiro atoms. The number of nitrogens with zero attached hydrogens (tertiary/aromatic N) is 4. The number of benzene rings is 2. The maximum absolute atomic E-state index is 14.7. The second-order valence-electron chi connectivity index (χ2n) is 8.69. The summed E-state index contributed by atoms with van der Waals surface area (Å²) < 4.78 is 21.9. The average Bonchev–Trinajstić information content (AvgIpc) is 3.35. The lowest BCUT2D eigenvalue weighted by atomic mass is 10.1. The van der Waals surface area contributed by atoms with E-state index in [1.54, 1.807) is 42.3 Å². The summed E-state index contributed by atoms with van der Waals surface area (Å²) in [6.45, 7) is 1.03. The summed E-state index contributed by atoms with van der Waals surface area (Å²) in [7, 11) is 1.58. The third-order valence-electron chi connectivity index (χ3n) is 6.46. The van der Waals surface area contributed by atoms with E-state index >= 15 is 0 Å². The maximum atomic E-state index is 14.7. The summed E-state index contributed by atoms with van der Waals surface area (Å²) in [5.74, 6) is 0.725. The van der Waals surface area contributed by atoms with Crippen LogP contribution < -0.4 is 15.0 Å². The van der Waals surface area contributed by atoms with E-state index < -0.39 is 11.7 Å². The van der Waals surface area contributed by atoms with Gasteiger partial charge in [-0.05, 0) is 55.3 Å². The van der Waals surface area contributed by atoms with Gasteiger partial charge in [0.25, 0.3) is 0 Å². The molecule has 0 saturated carbocycles. The number of fused-ring (bicyclic) bond motifs is 1. The van der Waals surface area contributed by atoms with Gasteiger partial charge in [-0.2, -0.15) is 0 Å². The molecule has 2 aromatic carbocycles. The Morgan fingerprint density at radius 1 is 1.12 bits per heavy atom. The molecule has 176 valence electrons. The van der Waals surface area contributed by atoms with Crippen molar-refractivity contribution in [2.75, 3.05) is 23.9 Å². The van der Waals surface area contributed by atoms with Crippen LogP contribution in [0.5, 0.6) is 5.75 Å². The van der Waals surface area contributed by atoms with Crippen LogP contribution in [0.15, 0.2) is 42.5 Å². The number of carbonyl (C=O) groups excluding carboxylic acids is 2. The number of ether oxygens (including phenoxy) is 1. The zero-order valence-corrected chi connectivity index (χ0v) is 19.0. The van der Waals surface area contributed by atoms with Gasteiger partial charge >= 0.3 is 0 Å². The van der Waals surface area contributed by atoms with Gasteiger partial charge in [0.15, 0.2) is 5.82 Å². The van der Waals surface area contributed by atoms with Crippen LogP contribution in [-0.2, 0) is 22.6 Å². The minimum absolute atomic E-state index is 0.115. The summed E-state index contributed by atoms with van der Waals surface area (Å²) in [5.41, 5.74) is 1.49. The lowest BCUT2D eigenvalue weighted by Crippen LogP contribution is -2.28. The lowest BCUT2D eigenvalue weighted by Gasteiger charge is -2.17. The van der Waals surface area contributed by atoms with Gasteiger partial charge in [-0.1, -0.05) is 6.42 Å². The molecule has 8 nitrogen and oxygen atoms in total. The number of hydrogen-bond donors (Lipinski definition) is 1. The topological polar surface area (TPSA) is 89.3 Å². The van der Waals surface area contributed by atoms with Crippen molar-refractivity contribution in [1.82, 2.24) is 14.8 Å². The molecule has 1 saturated heterocycles. The van der Waals surface area contributed by atoms with Gasteiger partial charge in [-0.3, -0.25) is 9.59 Å². The van der Waals surface area contributed by atoms with Gasteiger partial charge in [0, 0.05) is 37.3 Å². The largest absolute Gasteiger partial charge is 0.497 e. The van der Waals surface area contributed by atoms with Crippen LogP contribution in [0.25, 0.3) is 11.4 Å². The Labute approximate surface area is 196 Å². The second kappa shape index (κ2) is 9.24. The van der Waals surface area contributed by atoms with Gasteiger partial charge in [0.2, 0.25) is 11.8 Å². The molecule has 34 heavy (non-hydrogen) atoms. The molecule has 1 N–H and O–H groups in total. The standard InChI is InChI=1S/C25H26FN5O3/c1-34-19-9-7-18(8-10-19)31-15-16(13-23(31)32)25(33)27-17-6-11-21(26)20(14-17)24-29-28-22-5-3-2-4-12-30(22)24/h6-11,14,16H,2-5,12-13,15H2,1H3,(H,27,33). The minimum atomic E-state index is -0.507. The number of methoxy groups -OCH3 is 1. The van der Waals surface area contributed by atoms with Crippen molar-refractivity contribution in [1.29, 1.82) is 0 Å². The molecule has 9 heteroatoms. The van der Waals surface area contributed by atoms with E-state index in [1.165, 1.54) is 12.1 Å². The number of anilines is 2. The summed E-state index contributed by atoms with van der Waals surface area (Å²) in [4.78, 5) is 27.1. The molecule has 0 bridgehead atoms. The number of amides is 2. The first-order chi connectivity index (χ1) is 16.5. The monoisotopic (exact) mass is 463 g/mol. The van der Waals surface area contributed by atoms with Crippen LogP contribution in [0.1, 0.15) is 31.5 Å². The number of halogens is 1. The van der Waals surface area contributed by atoms with Crippen molar-refractivity contribution in [3.8, 4) is 17.1 Å². The number of nitrogens with one attached hydrogen (secondary N) is 1. The number of hydrogen-bond acceptors (Lipinski definition) is 5. The second-order valence-corrected chi connectivity index (χ2v) is 8.69. The van der Waals surface area contributed by atoms with E-state index in [0.29, 0.717) is 22.8 Å². The van der Waals surface area contributed by atoms with E-state index in [4.69, 9.17) is 4.74 Å². The van der Waals surface area contributed by atoms with Crippen LogP contribution in [0.4, 0.5) is 15.8 Å². The van der Waals surface area contributed by atoms with Crippen molar-refractivity contribution in [3.05, 3.63) is 54.1 Å². The molecular weight excluding hydrogens is 437 g/mol. The van der Waals surface area contributed by atoms with Gasteiger partial charge in [-0.15, -0.1) is 10.2 Å². The highest BCUT2D eigenvalue weighted by Crippen LogP contribution is 2.30. The molecular formula is C25H26FN5O3. The first-order valence-electron chi connectivity index (χ1n) is 11.5. The summed E-state index contributed by atoms with van der Waals surface area (Å²) >= 11 is 0. The van der Waals surface area contributed by atoms with Crippen molar-refractivity contribution < 1.29 is 18.7 Å². The van der Waals surface area contributed by atoms with Crippen molar-refractivity contribution >= 4 is 23.2 Å². The zero-order chi connectivity index (χ0) is 23.7. The summed E-state index contributed by atoms with van der Waals surface area (Å²) in [6, 6.07) is 11.6. The van der Waals surface area contributed by atoms with Gasteiger partial charge in [0.05, 0.1) is 18.6 Å².